The summed E-state index contributed by atoms with van der Waals surface area (Å²) in [6.07, 6.45) is 1.35. The first kappa shape index (κ1) is 19.8. The van der Waals surface area contributed by atoms with Crippen LogP contribution in [0, 0.1) is 5.92 Å². The maximum Gasteiger partial charge on any atom is 0.252 e. The summed E-state index contributed by atoms with van der Waals surface area (Å²) in [5.41, 5.74) is 0.912. The van der Waals surface area contributed by atoms with E-state index in [-0.39, 0.29) is 18.4 Å². The quantitative estimate of drug-likeness (QED) is 0.711. The highest BCUT2D eigenvalue weighted by Gasteiger charge is 2.33. The van der Waals surface area contributed by atoms with Gasteiger partial charge in [0.15, 0.2) is 0 Å². The van der Waals surface area contributed by atoms with Gasteiger partial charge in [0.1, 0.15) is 4.21 Å². The molecule has 1 aliphatic heterocycles. The van der Waals surface area contributed by atoms with Crippen molar-refractivity contribution in [3.8, 4) is 0 Å². The molecule has 2 aromatic rings. The van der Waals surface area contributed by atoms with Crippen molar-refractivity contribution in [1.82, 2.24) is 9.62 Å². The molecule has 5 nitrogen and oxygen atoms in total. The Balaban J connectivity index is 1.63. The minimum atomic E-state index is -3.56. The maximum absolute atomic E-state index is 12.8. The number of rotatable bonds is 5. The summed E-state index contributed by atoms with van der Waals surface area (Å²) in [7, 11) is -3.56. The predicted octanol–water partition coefficient (Wildman–Crippen LogP) is 3.88. The molecule has 1 unspecified atom stereocenters. The molecule has 1 amide bonds. The van der Waals surface area contributed by atoms with E-state index < -0.39 is 10.0 Å². The number of amides is 1. The van der Waals surface area contributed by atoms with Gasteiger partial charge in [0.05, 0.1) is 9.70 Å². The van der Waals surface area contributed by atoms with Crippen LogP contribution in [0.25, 0.3) is 0 Å². The minimum absolute atomic E-state index is 0.128. The summed E-state index contributed by atoms with van der Waals surface area (Å²) in [6, 6.07) is 10.6. The Morgan fingerprint density at radius 1 is 1.35 bits per heavy atom. The summed E-state index contributed by atoms with van der Waals surface area (Å²) in [5, 5.41) is 3.51. The van der Waals surface area contributed by atoms with E-state index in [1.54, 1.807) is 24.3 Å². The number of nitrogens with one attached hydrogen (secondary N) is 1. The van der Waals surface area contributed by atoms with Crippen LogP contribution in [0.5, 0.6) is 0 Å². The number of nitrogens with zero attached hydrogens (tertiary/aromatic N) is 1. The second-order valence-electron chi connectivity index (χ2n) is 6.11. The van der Waals surface area contributed by atoms with Gasteiger partial charge in [-0.05, 0) is 58.6 Å². The molecule has 26 heavy (non-hydrogen) atoms. The van der Waals surface area contributed by atoms with Crippen molar-refractivity contribution < 1.29 is 13.2 Å². The van der Waals surface area contributed by atoms with E-state index in [0.717, 1.165) is 9.35 Å². The molecule has 3 rings (SSSR count). The van der Waals surface area contributed by atoms with Gasteiger partial charge >= 0.3 is 0 Å². The molecule has 1 aliphatic rings. The fraction of sp³-hybridized carbons (Fsp3) is 0.353. The Bertz CT molecular complexity index is 901. The minimum Gasteiger partial charge on any atom is -0.352 e. The highest BCUT2D eigenvalue weighted by Crippen LogP contribution is 2.30. The van der Waals surface area contributed by atoms with Gasteiger partial charge in [-0.15, -0.1) is 11.3 Å². The first-order chi connectivity index (χ1) is 12.4. The van der Waals surface area contributed by atoms with Crippen molar-refractivity contribution >= 4 is 54.8 Å². The summed E-state index contributed by atoms with van der Waals surface area (Å²) >= 11 is 10.4. The van der Waals surface area contributed by atoms with Crippen molar-refractivity contribution in [3.63, 3.8) is 0 Å². The Labute approximate surface area is 170 Å². The molecule has 2 heterocycles. The van der Waals surface area contributed by atoms with Crippen LogP contribution in [-0.4, -0.2) is 31.7 Å². The number of carbonyl (C=O) groups excluding carboxylic acids is 1. The zero-order valence-corrected chi connectivity index (χ0v) is 17.8. The number of hydrogen-bond acceptors (Lipinski definition) is 4. The molecule has 0 aliphatic carbocycles. The molecule has 0 saturated carbocycles. The average molecular weight is 478 g/mol. The van der Waals surface area contributed by atoms with E-state index in [1.165, 1.54) is 15.6 Å². The zero-order valence-electron chi connectivity index (χ0n) is 13.8. The van der Waals surface area contributed by atoms with Crippen LogP contribution in [0.1, 0.15) is 18.4 Å². The van der Waals surface area contributed by atoms with Crippen molar-refractivity contribution in [3.05, 3.63) is 50.8 Å². The van der Waals surface area contributed by atoms with Gasteiger partial charge in [-0.2, -0.15) is 4.31 Å². The third-order valence-electron chi connectivity index (χ3n) is 4.25. The summed E-state index contributed by atoms with van der Waals surface area (Å²) in [5.74, 6) is -0.474. The topological polar surface area (TPSA) is 66.5 Å². The molecule has 1 atom stereocenters. The van der Waals surface area contributed by atoms with E-state index in [4.69, 9.17) is 11.6 Å². The van der Waals surface area contributed by atoms with Crippen molar-refractivity contribution in [2.24, 2.45) is 5.92 Å². The molecule has 0 spiro atoms. The molecule has 0 bridgehead atoms. The number of benzene rings is 1. The molecule has 1 aromatic heterocycles. The van der Waals surface area contributed by atoms with Gasteiger partial charge in [0.25, 0.3) is 10.0 Å². The second kappa shape index (κ2) is 8.39. The number of piperidine rings is 1. The monoisotopic (exact) mass is 476 g/mol. The third-order valence-corrected chi connectivity index (χ3v) is 8.44. The smallest absolute Gasteiger partial charge is 0.252 e. The van der Waals surface area contributed by atoms with Gasteiger partial charge in [0, 0.05) is 24.7 Å². The van der Waals surface area contributed by atoms with E-state index in [0.29, 0.717) is 35.2 Å². The van der Waals surface area contributed by atoms with Crippen LogP contribution < -0.4 is 5.32 Å². The van der Waals surface area contributed by atoms with Crippen LogP contribution in [0.4, 0.5) is 0 Å². The van der Waals surface area contributed by atoms with Gasteiger partial charge in [-0.25, -0.2) is 8.42 Å². The van der Waals surface area contributed by atoms with Crippen LogP contribution in [0.15, 0.2) is 44.4 Å². The van der Waals surface area contributed by atoms with E-state index in [1.807, 2.05) is 12.1 Å². The first-order valence-corrected chi connectivity index (χ1v) is 11.6. The standard InChI is InChI=1S/C17H18BrClN2O3S2/c18-15-6-7-16(25-15)26(23,24)21-8-2-4-13(11-21)17(22)20-10-12-3-1-5-14(19)9-12/h1,3,5-7,9,13H,2,4,8,10-11H2,(H,20,22). The molecular formula is C17H18BrClN2O3S2. The van der Waals surface area contributed by atoms with Gasteiger partial charge in [0.2, 0.25) is 5.91 Å². The fourth-order valence-corrected chi connectivity index (χ4v) is 6.82. The fourth-order valence-electron chi connectivity index (χ4n) is 2.92. The normalized spacial score (nSPS) is 18.6. The third kappa shape index (κ3) is 4.67. The van der Waals surface area contributed by atoms with Crippen LogP contribution in [0.3, 0.4) is 0 Å². The summed E-state index contributed by atoms with van der Waals surface area (Å²) in [4.78, 5) is 12.5. The number of sulfonamides is 1. The molecule has 1 fully saturated rings. The summed E-state index contributed by atoms with van der Waals surface area (Å²) < 4.78 is 28.0. The average Bonchev–Trinajstić information content (AvgIpc) is 3.07. The second-order valence-corrected chi connectivity index (χ2v) is 11.2. The maximum atomic E-state index is 12.8. The molecule has 140 valence electrons. The number of hydrogen-bond donors (Lipinski definition) is 1. The van der Waals surface area contributed by atoms with Gasteiger partial charge < -0.3 is 5.32 Å². The van der Waals surface area contributed by atoms with Gasteiger partial charge in [-0.1, -0.05) is 23.7 Å². The highest BCUT2D eigenvalue weighted by atomic mass is 79.9. The lowest BCUT2D eigenvalue weighted by molar-refractivity contribution is -0.126. The molecule has 1 N–H and O–H groups in total. The molecule has 1 saturated heterocycles. The Hall–Kier alpha value is -0.930. The van der Waals surface area contributed by atoms with E-state index >= 15 is 0 Å². The van der Waals surface area contributed by atoms with E-state index in [9.17, 15) is 13.2 Å². The van der Waals surface area contributed by atoms with Crippen molar-refractivity contribution in [2.45, 2.75) is 23.6 Å². The van der Waals surface area contributed by atoms with Crippen molar-refractivity contribution in [2.75, 3.05) is 13.1 Å². The van der Waals surface area contributed by atoms with E-state index in [2.05, 4.69) is 21.2 Å². The Morgan fingerprint density at radius 2 is 2.15 bits per heavy atom. The largest absolute Gasteiger partial charge is 0.352 e. The lowest BCUT2D eigenvalue weighted by Crippen LogP contribution is -2.45. The van der Waals surface area contributed by atoms with Crippen LogP contribution in [0.2, 0.25) is 5.02 Å². The molecular weight excluding hydrogens is 460 g/mol. The number of carbonyl (C=O) groups is 1. The molecule has 9 heteroatoms. The molecule has 0 radical (unpaired) electrons. The SMILES string of the molecule is O=C(NCc1cccc(Cl)c1)C1CCCN(S(=O)(=O)c2ccc(Br)s2)C1. The lowest BCUT2D eigenvalue weighted by Gasteiger charge is -2.30. The predicted molar refractivity (Wildman–Crippen MR) is 107 cm³/mol. The van der Waals surface area contributed by atoms with Gasteiger partial charge in [-0.3, -0.25) is 4.79 Å². The number of halogens is 2. The van der Waals surface area contributed by atoms with Crippen molar-refractivity contribution in [1.29, 1.82) is 0 Å². The highest BCUT2D eigenvalue weighted by molar-refractivity contribution is 9.11. The first-order valence-electron chi connectivity index (χ1n) is 8.14. The van der Waals surface area contributed by atoms with Crippen LogP contribution in [-0.2, 0) is 21.4 Å². The lowest BCUT2D eigenvalue weighted by atomic mass is 9.99. The Morgan fingerprint density at radius 3 is 2.85 bits per heavy atom. The zero-order chi connectivity index (χ0) is 18.7. The Kier molecular flexibility index (Phi) is 6.40. The summed E-state index contributed by atoms with van der Waals surface area (Å²) in [6.45, 7) is 1.02. The number of thiophene rings is 1. The van der Waals surface area contributed by atoms with Crippen LogP contribution >= 0.6 is 38.9 Å². The molecule has 1 aromatic carbocycles.